The van der Waals surface area contributed by atoms with Gasteiger partial charge in [-0.05, 0) is 118 Å². The predicted octanol–water partition coefficient (Wildman–Crippen LogP) is 9.44. The Morgan fingerprint density at radius 2 is 1.41 bits per heavy atom. The molecular formula is C65H80O15. The minimum atomic E-state index is -0.966. The standard InChI is InChI=1S/C65H80O15/c1-34(33-69-60(68)57-40-16-11-9-14-37(40)25-38-15-10-12-17-41(38)57)22-39-26-50(66)65(8)54(70-39)28-46-47(77-65)27-45-42(71-46)18-13-20-61(4)55(74-45)32-64(7)53(78-61)30-52-62(5,80-64)21-19-43-58(76-52)35(2)23-44-49(72-43)31-63(6)51(73-44)29-48-59(79-63)36(3)24-56(67)75-48/h9-18,24-25,35,39,42-55,58-59,66H,1,19-23,26-33H2,2-8H3. The molecule has 430 valence electrons. The van der Waals surface area contributed by atoms with Gasteiger partial charge in [-0.2, -0.15) is 0 Å². The number of hydrogen-bond acceptors (Lipinski definition) is 15. The third kappa shape index (κ3) is 9.17. The maximum atomic E-state index is 13.8. The molecule has 0 aromatic heterocycles. The summed E-state index contributed by atoms with van der Waals surface area (Å²) in [6, 6.07) is 17.8. The lowest BCUT2D eigenvalue weighted by atomic mass is 9.72. The first-order chi connectivity index (χ1) is 38.2. The van der Waals surface area contributed by atoms with Crippen LogP contribution < -0.4 is 0 Å². The van der Waals surface area contributed by atoms with Gasteiger partial charge in [0.1, 0.15) is 30.5 Å². The number of hydrogen-bond donors (Lipinski definition) is 1. The number of fused-ring (bicyclic) bond motifs is 12. The molecule has 0 aliphatic carbocycles. The van der Waals surface area contributed by atoms with Crippen LogP contribution in [0.2, 0.25) is 0 Å². The van der Waals surface area contributed by atoms with E-state index in [0.29, 0.717) is 68.9 Å². The summed E-state index contributed by atoms with van der Waals surface area (Å²) >= 11 is 0. The van der Waals surface area contributed by atoms with Crippen molar-refractivity contribution in [3.8, 4) is 0 Å². The smallest absolute Gasteiger partial charge is 0.339 e. The molecule has 23 unspecified atom stereocenters. The van der Waals surface area contributed by atoms with Gasteiger partial charge in [0, 0.05) is 51.0 Å². The molecule has 15 nitrogen and oxygen atoms in total. The summed E-state index contributed by atoms with van der Waals surface area (Å²) in [5, 5.41) is 15.6. The Balaban J connectivity index is 0.615. The van der Waals surface area contributed by atoms with E-state index in [9.17, 15) is 14.7 Å². The number of aliphatic hydroxyl groups excluding tert-OH is 1. The highest BCUT2D eigenvalue weighted by molar-refractivity contribution is 6.16. The van der Waals surface area contributed by atoms with Crippen molar-refractivity contribution in [2.75, 3.05) is 6.61 Å². The molecule has 14 rings (SSSR count). The Kier molecular flexibility index (Phi) is 13.3. The monoisotopic (exact) mass is 1100 g/mol. The first-order valence-electron chi connectivity index (χ1n) is 29.9. The van der Waals surface area contributed by atoms with E-state index in [-0.39, 0.29) is 110 Å². The Hall–Kier alpha value is -4.10. The maximum absolute atomic E-state index is 13.8. The van der Waals surface area contributed by atoms with Crippen LogP contribution in [0.3, 0.4) is 0 Å². The normalized spacial score (nSPS) is 47.5. The zero-order valence-electron chi connectivity index (χ0n) is 47.4. The molecular weight excluding hydrogens is 1020 g/mol. The SMILES string of the molecule is C=C(COC(=O)c1c2ccccc2cc2ccccc12)CC1CC(O)C2(C)OC3CC4OC5CC6(C)OC7(C)CCC8OC9CC%10(C)OC%11C(C)=CC(=O)OC%11CC%10OC9CC(C)C8OC7CC6OC5(C)CC=CC4OC3CC2O1. The quantitative estimate of drug-likeness (QED) is 0.146. The van der Waals surface area contributed by atoms with Gasteiger partial charge in [0.05, 0.1) is 113 Å². The van der Waals surface area contributed by atoms with Crippen molar-refractivity contribution < 1.29 is 71.5 Å². The van der Waals surface area contributed by atoms with Crippen LogP contribution in [-0.4, -0.2) is 155 Å². The molecule has 9 saturated heterocycles. The van der Waals surface area contributed by atoms with Crippen LogP contribution in [0.25, 0.3) is 21.5 Å². The number of benzene rings is 3. The van der Waals surface area contributed by atoms with E-state index < -0.39 is 46.2 Å². The molecule has 80 heavy (non-hydrogen) atoms. The summed E-state index contributed by atoms with van der Waals surface area (Å²) in [7, 11) is 0. The van der Waals surface area contributed by atoms with Gasteiger partial charge in [-0.1, -0.05) is 74.2 Å². The topological polar surface area (TPSA) is 165 Å². The van der Waals surface area contributed by atoms with Crippen LogP contribution in [0.15, 0.2) is 90.6 Å². The molecule has 9 fully saturated rings. The number of esters is 2. The third-order valence-electron chi connectivity index (χ3n) is 21.0. The number of aliphatic hydroxyl groups is 1. The maximum Gasteiger partial charge on any atom is 0.339 e. The van der Waals surface area contributed by atoms with Gasteiger partial charge < -0.3 is 61.9 Å². The zero-order chi connectivity index (χ0) is 55.3. The van der Waals surface area contributed by atoms with E-state index in [1.807, 2.05) is 62.4 Å². The molecule has 0 spiro atoms. The molecule has 11 aliphatic rings. The van der Waals surface area contributed by atoms with Crippen molar-refractivity contribution in [1.82, 2.24) is 0 Å². The van der Waals surface area contributed by atoms with Crippen molar-refractivity contribution in [3.05, 3.63) is 96.1 Å². The van der Waals surface area contributed by atoms with E-state index in [0.717, 1.165) is 46.4 Å². The summed E-state index contributed by atoms with van der Waals surface area (Å²) < 4.78 is 82.6. The van der Waals surface area contributed by atoms with E-state index in [1.54, 1.807) is 6.08 Å². The minimum Gasteiger partial charge on any atom is -0.458 e. The lowest BCUT2D eigenvalue weighted by Crippen LogP contribution is -2.70. The van der Waals surface area contributed by atoms with Crippen LogP contribution in [0.1, 0.15) is 136 Å². The highest BCUT2D eigenvalue weighted by atomic mass is 16.7. The summed E-state index contributed by atoms with van der Waals surface area (Å²) in [6.07, 6.45) is 8.31. The highest BCUT2D eigenvalue weighted by Gasteiger charge is 2.64. The minimum absolute atomic E-state index is 0.0345. The van der Waals surface area contributed by atoms with Crippen LogP contribution in [-0.2, 0) is 61.6 Å². The Morgan fingerprint density at radius 1 is 0.688 bits per heavy atom. The molecule has 1 N–H and O–H groups in total. The van der Waals surface area contributed by atoms with Crippen LogP contribution in [0, 0.1) is 5.92 Å². The number of carbonyl (C=O) groups excluding carboxylic acids is 2. The van der Waals surface area contributed by atoms with E-state index in [1.165, 1.54) is 0 Å². The Bertz CT molecular complexity index is 2960. The van der Waals surface area contributed by atoms with E-state index in [4.69, 9.17) is 56.8 Å². The van der Waals surface area contributed by atoms with Gasteiger partial charge in [-0.25, -0.2) is 9.59 Å². The second-order valence-corrected chi connectivity index (χ2v) is 26.9. The largest absolute Gasteiger partial charge is 0.458 e. The first kappa shape index (κ1) is 53.9. The lowest BCUT2D eigenvalue weighted by Gasteiger charge is -2.60. The van der Waals surface area contributed by atoms with Gasteiger partial charge in [0.15, 0.2) is 0 Å². The third-order valence-corrected chi connectivity index (χ3v) is 21.0. The first-order valence-corrected chi connectivity index (χ1v) is 29.9. The molecule has 0 amide bonds. The molecule has 3 aromatic rings. The van der Waals surface area contributed by atoms with Crippen LogP contribution >= 0.6 is 0 Å². The van der Waals surface area contributed by atoms with Gasteiger partial charge >= 0.3 is 11.9 Å². The predicted molar refractivity (Wildman–Crippen MR) is 294 cm³/mol. The average molecular weight is 1100 g/mol. The number of carbonyl (C=O) groups is 2. The molecule has 3 aromatic carbocycles. The fourth-order valence-corrected chi connectivity index (χ4v) is 16.5. The Morgan fingerprint density at radius 3 is 2.20 bits per heavy atom. The summed E-state index contributed by atoms with van der Waals surface area (Å²) in [5.74, 6) is -0.562. The molecule has 11 heterocycles. The van der Waals surface area contributed by atoms with Crippen molar-refractivity contribution in [1.29, 1.82) is 0 Å². The Labute approximate surface area is 469 Å². The van der Waals surface area contributed by atoms with Crippen molar-refractivity contribution in [2.24, 2.45) is 5.92 Å². The molecule has 23 atom stereocenters. The average Bonchev–Trinajstić information content (AvgIpc) is 3.76. The fourth-order valence-electron chi connectivity index (χ4n) is 16.5. The lowest BCUT2D eigenvalue weighted by molar-refractivity contribution is -0.356. The summed E-state index contributed by atoms with van der Waals surface area (Å²) in [6.45, 7) is 19.2. The number of rotatable bonds is 5. The van der Waals surface area contributed by atoms with Crippen molar-refractivity contribution in [2.45, 2.75) is 257 Å². The zero-order valence-corrected chi connectivity index (χ0v) is 47.4. The van der Waals surface area contributed by atoms with Crippen LogP contribution in [0.4, 0.5) is 0 Å². The highest BCUT2D eigenvalue weighted by Crippen LogP contribution is 2.55. The van der Waals surface area contributed by atoms with Gasteiger partial charge in [0.25, 0.3) is 0 Å². The second-order valence-electron chi connectivity index (χ2n) is 26.9. The summed E-state index contributed by atoms with van der Waals surface area (Å²) in [5.41, 5.74) is -1.31. The molecule has 0 bridgehead atoms. The van der Waals surface area contributed by atoms with E-state index in [2.05, 4.69) is 59.4 Å². The molecule has 11 aliphatic heterocycles. The van der Waals surface area contributed by atoms with E-state index >= 15 is 0 Å². The van der Waals surface area contributed by atoms with Gasteiger partial charge in [0.2, 0.25) is 0 Å². The number of ether oxygens (including phenoxy) is 12. The van der Waals surface area contributed by atoms with Crippen molar-refractivity contribution in [3.63, 3.8) is 0 Å². The molecule has 0 radical (unpaired) electrons. The van der Waals surface area contributed by atoms with Crippen LogP contribution in [0.5, 0.6) is 0 Å². The van der Waals surface area contributed by atoms with Gasteiger partial charge in [-0.3, -0.25) is 0 Å². The van der Waals surface area contributed by atoms with Crippen molar-refractivity contribution >= 4 is 33.5 Å². The van der Waals surface area contributed by atoms with Gasteiger partial charge in [-0.15, -0.1) is 0 Å². The molecule has 15 heteroatoms. The summed E-state index contributed by atoms with van der Waals surface area (Å²) in [4.78, 5) is 26.1. The molecule has 0 saturated carbocycles. The second kappa shape index (κ2) is 19.8. The fraction of sp³-hybridized carbons (Fsp3) is 0.662.